The normalized spacial score (nSPS) is 36.5. The first-order valence-corrected chi connectivity index (χ1v) is 43.3. The number of hydrogen-bond acceptors (Lipinski definition) is 13. The molecule has 9 rings (SSSR count). The van der Waals surface area contributed by atoms with E-state index in [9.17, 15) is 9.59 Å². The highest BCUT2D eigenvalue weighted by Crippen LogP contribution is 2.50. The zero-order valence-corrected chi connectivity index (χ0v) is 61.9. The first-order chi connectivity index (χ1) is 39.9. The molecule has 0 saturated carbocycles. The predicted octanol–water partition coefficient (Wildman–Crippen LogP) is 16.3. The van der Waals surface area contributed by atoms with Crippen LogP contribution in [0.25, 0.3) is 0 Å². The van der Waals surface area contributed by atoms with Gasteiger partial charge in [-0.3, -0.25) is 9.59 Å². The molecule has 8 aliphatic heterocycles. The Morgan fingerprint density at radius 1 is 0.709 bits per heavy atom. The number of esters is 2. The van der Waals surface area contributed by atoms with Crippen molar-refractivity contribution in [1.29, 1.82) is 0 Å². The first kappa shape index (κ1) is 71.8. The third kappa shape index (κ3) is 17.3. The molecule has 7 bridgehead atoms. The highest BCUT2D eigenvalue weighted by Gasteiger charge is 2.59. The van der Waals surface area contributed by atoms with Crippen molar-refractivity contribution in [2.75, 3.05) is 4.43 Å². The van der Waals surface area contributed by atoms with Gasteiger partial charge < -0.3 is 46.4 Å². The van der Waals surface area contributed by atoms with Crippen molar-refractivity contribution in [3.63, 3.8) is 0 Å². The Labute approximate surface area is 536 Å². The zero-order chi connectivity index (χ0) is 63.7. The van der Waals surface area contributed by atoms with Gasteiger partial charge in [0.05, 0.1) is 54.4 Å². The minimum Gasteiger partial charge on any atom is -0.458 e. The second-order valence-corrected chi connectivity index (χ2v) is 46.7. The van der Waals surface area contributed by atoms with Crippen molar-refractivity contribution in [2.45, 2.75) is 326 Å². The van der Waals surface area contributed by atoms with Crippen molar-refractivity contribution in [2.24, 2.45) is 23.7 Å². The minimum atomic E-state index is -2.64. The number of ketones is 1. The van der Waals surface area contributed by atoms with Gasteiger partial charge in [0, 0.05) is 37.0 Å². The van der Waals surface area contributed by atoms with Gasteiger partial charge in [-0.15, -0.1) is 0 Å². The van der Waals surface area contributed by atoms with E-state index in [0.717, 1.165) is 35.7 Å². The van der Waals surface area contributed by atoms with Crippen LogP contribution in [0.4, 0.5) is 0 Å². The molecule has 0 spiro atoms. The Balaban J connectivity index is 1.36. The van der Waals surface area contributed by atoms with Crippen LogP contribution in [0.1, 0.15) is 191 Å². The van der Waals surface area contributed by atoms with E-state index in [2.05, 4.69) is 165 Å². The average Bonchev–Trinajstić information content (AvgIpc) is 0.909. The van der Waals surface area contributed by atoms with Gasteiger partial charge in [0.25, 0.3) is 0 Å². The number of alkyl halides is 1. The maximum Gasteiger partial charge on any atom is 0.338 e. The Hall–Kier alpha value is -1.63. The van der Waals surface area contributed by atoms with E-state index < -0.39 is 85.4 Å². The van der Waals surface area contributed by atoms with Crippen molar-refractivity contribution in [3.05, 3.63) is 60.2 Å². The number of ether oxygens (including phenoxy) is 7. The number of benzene rings is 1. The first-order valence-electron chi connectivity index (χ1n) is 33.1. The molecule has 13 nitrogen and oxygen atoms in total. The van der Waals surface area contributed by atoms with Gasteiger partial charge >= 0.3 is 11.9 Å². The largest absolute Gasteiger partial charge is 0.458 e. The maximum atomic E-state index is 15.0. The van der Waals surface area contributed by atoms with E-state index in [4.69, 9.17) is 46.4 Å². The molecule has 86 heavy (non-hydrogen) atoms. The number of halogens is 1. The molecule has 0 aromatic heterocycles. The lowest BCUT2D eigenvalue weighted by Gasteiger charge is -2.56. The lowest BCUT2D eigenvalue weighted by atomic mass is 9.79. The summed E-state index contributed by atoms with van der Waals surface area (Å²) in [5.41, 5.74) is 0.822. The quantitative estimate of drug-likeness (QED) is 0.0608. The molecule has 0 radical (unpaired) electrons. The molecule has 0 aliphatic carbocycles. The van der Waals surface area contributed by atoms with Crippen molar-refractivity contribution in [1.82, 2.24) is 0 Å². The van der Waals surface area contributed by atoms with Gasteiger partial charge in [-0.2, -0.15) is 0 Å². The Bertz CT molecular complexity index is 2470. The van der Waals surface area contributed by atoms with Crippen LogP contribution in [0.2, 0.25) is 54.4 Å². The molecular weight excluding hydrogens is 1250 g/mol. The second kappa shape index (κ2) is 28.7. The van der Waals surface area contributed by atoms with Crippen LogP contribution >= 0.6 is 22.6 Å². The molecule has 5 saturated heterocycles. The van der Waals surface area contributed by atoms with Gasteiger partial charge in [0.2, 0.25) is 0 Å². The third-order valence-corrected chi connectivity index (χ3v) is 36.7. The maximum absolute atomic E-state index is 15.0. The molecule has 5 fully saturated rings. The molecule has 1 aromatic carbocycles. The number of carbonyl (C=O) groups is 3. The van der Waals surface area contributed by atoms with Crippen molar-refractivity contribution >= 4 is 65.3 Å². The molecule has 19 atom stereocenters. The number of Topliss-reactive ketones (excluding diaryl/α,β-unsaturated/α-hetero) is 1. The van der Waals surface area contributed by atoms with Crippen LogP contribution < -0.4 is 0 Å². The molecule has 1 aromatic rings. The third-order valence-electron chi connectivity index (χ3n) is 22.0. The van der Waals surface area contributed by atoms with Gasteiger partial charge in [0.15, 0.2) is 25.0 Å². The van der Waals surface area contributed by atoms with Gasteiger partial charge in [-0.25, -0.2) is 4.79 Å². The van der Waals surface area contributed by atoms with E-state index >= 15 is 4.79 Å². The molecule has 2 unspecified atom stereocenters. The Morgan fingerprint density at radius 2 is 1.30 bits per heavy atom. The lowest BCUT2D eigenvalue weighted by molar-refractivity contribution is -0.266. The van der Waals surface area contributed by atoms with Gasteiger partial charge in [0.1, 0.15) is 48.0 Å². The van der Waals surface area contributed by atoms with Crippen LogP contribution in [0.3, 0.4) is 0 Å². The fourth-order valence-corrected chi connectivity index (χ4v) is 18.0. The van der Waals surface area contributed by atoms with Gasteiger partial charge in [-0.05, 0) is 153 Å². The highest BCUT2D eigenvalue weighted by molar-refractivity contribution is 14.1. The topological polar surface area (TPSA) is 144 Å². The molecule has 17 heteroatoms. The van der Waals surface area contributed by atoms with Crippen LogP contribution in [-0.2, 0) is 56.0 Å². The lowest BCUT2D eigenvalue weighted by Crippen LogP contribution is -2.69. The number of hydrogen-bond donors (Lipinski definition) is 0. The second-order valence-electron chi connectivity index (χ2n) is 31.7. The van der Waals surface area contributed by atoms with E-state index in [-0.39, 0.29) is 87.7 Å². The molecular formula is C69H115IO13Si3. The molecule has 8 heterocycles. The van der Waals surface area contributed by atoms with Crippen LogP contribution in [0.5, 0.6) is 0 Å². The summed E-state index contributed by atoms with van der Waals surface area (Å²) in [7, 11) is -7.84. The van der Waals surface area contributed by atoms with E-state index in [0.29, 0.717) is 62.8 Å². The number of fused-ring (bicyclic) bond motifs is 2. The molecule has 0 N–H and O–H groups in total. The molecule has 488 valence electrons. The smallest absolute Gasteiger partial charge is 0.338 e. The number of rotatable bonds is 13. The molecule has 0 amide bonds. The number of carbonyl (C=O) groups excluding carboxylic acids is 3. The fraction of sp³-hybridized carbons (Fsp3) is 0.812. The molecule has 8 aliphatic rings. The summed E-state index contributed by atoms with van der Waals surface area (Å²) in [4.78, 5) is 42.3. The zero-order valence-electron chi connectivity index (χ0n) is 56.7. The SMILES string of the molecule is C=C1[C@H](C)CC2CC[C@@H]3O[C@@H](CCC(OC(=O)c4ccccc4)/C=C/[C@H](O[Si](C)(C)C(C)(C)C)[C@@H]4O[C@H]5CC[C@H](CC(=O)C[C@@H]6[C@@H](C)[C@@H](C[C@H](C)CC)O[C@H]6C[C@H]1OC(C)=O)O[C@@H]5[C@H](O[Si](C)(C)C(C)(C)C)[C@@H]4O[Si](C)(C)C(C)(C)C)C[C@]3(CI)O2. The van der Waals surface area contributed by atoms with Crippen LogP contribution in [0, 0.1) is 23.7 Å². The summed E-state index contributed by atoms with van der Waals surface area (Å²) in [6, 6.07) is 9.21. The van der Waals surface area contributed by atoms with E-state index in [1.807, 2.05) is 24.3 Å². The van der Waals surface area contributed by atoms with E-state index in [1.54, 1.807) is 12.1 Å². The highest BCUT2D eigenvalue weighted by atomic mass is 127. The summed E-state index contributed by atoms with van der Waals surface area (Å²) in [5.74, 6) is -0.234. The predicted molar refractivity (Wildman–Crippen MR) is 359 cm³/mol. The fourth-order valence-electron chi connectivity index (χ4n) is 13.2. The summed E-state index contributed by atoms with van der Waals surface area (Å²) < 4.78 is 73.3. The van der Waals surface area contributed by atoms with Crippen LogP contribution in [0.15, 0.2) is 54.6 Å². The standard InChI is InChI=1S/C69H115IO13Si3/c1-22-43(2)36-57-46(5)54-39-49(72)38-51-31-33-55-61(76-51)63(82-85(18,19)67(10,11)12)64(83-86(20,21)68(13,14)15)62(79-55)56(81-84(16,17)66(7,8)9)34-30-50(77-65(73)48-26-24-23-25-27-48)28-29-53-41-69(42-70)60(75-53)35-32-52(80-69)37-44(3)45(4)58(74-47(6)71)40-59(54)78-57/h23-27,30,34,43-44,46,50-64H,4,22,28-29,31-33,35-42H2,1-3,5-21H3/b34-30+/t43-,44-,46-,50?,51-,52?,53+,54-,55+,56+,57-,58-,59+,60+,61+,62+,63+,64-,69-/m1/s1. The van der Waals surface area contributed by atoms with Crippen molar-refractivity contribution < 1.29 is 60.8 Å². The van der Waals surface area contributed by atoms with Crippen LogP contribution in [-0.4, -0.2) is 138 Å². The van der Waals surface area contributed by atoms with Gasteiger partial charge in [-0.1, -0.05) is 150 Å². The Morgan fingerprint density at radius 3 is 1.90 bits per heavy atom. The average molecular weight is 1360 g/mol. The Kier molecular flexibility index (Phi) is 24.0. The van der Waals surface area contributed by atoms with Crippen molar-refractivity contribution in [3.8, 4) is 0 Å². The summed E-state index contributed by atoms with van der Waals surface area (Å²) in [5, 5.41) is -0.525. The summed E-state index contributed by atoms with van der Waals surface area (Å²) in [6.45, 7) is 49.2. The summed E-state index contributed by atoms with van der Waals surface area (Å²) in [6.07, 6.45) is 6.86. The minimum absolute atomic E-state index is 0.0400. The summed E-state index contributed by atoms with van der Waals surface area (Å²) >= 11 is 2.47. The van der Waals surface area contributed by atoms with E-state index in [1.165, 1.54) is 6.92 Å². The monoisotopic (exact) mass is 1360 g/mol.